The van der Waals surface area contributed by atoms with Gasteiger partial charge in [-0.2, -0.15) is 0 Å². The molecule has 3 heteroatoms. The second-order valence-corrected chi connectivity index (χ2v) is 2.96. The second kappa shape index (κ2) is 2.25. The normalized spacial score (nSPS) is 39.0. The highest BCUT2D eigenvalue weighted by molar-refractivity contribution is 5.06. The van der Waals surface area contributed by atoms with Gasteiger partial charge in [0.2, 0.25) is 0 Å². The van der Waals surface area contributed by atoms with E-state index in [9.17, 15) is 0 Å². The van der Waals surface area contributed by atoms with Gasteiger partial charge >= 0.3 is 0 Å². The maximum absolute atomic E-state index is 3.87. The maximum atomic E-state index is 3.87. The molecule has 0 aromatic heterocycles. The van der Waals surface area contributed by atoms with E-state index >= 15 is 0 Å². The maximum Gasteiger partial charge on any atom is 0.0783 e. The molecular formula is C7H13N3. The molecule has 0 aromatic rings. The summed E-state index contributed by atoms with van der Waals surface area (Å²) < 4.78 is 0. The van der Waals surface area contributed by atoms with Crippen LogP contribution in [0.25, 0.3) is 0 Å². The van der Waals surface area contributed by atoms with E-state index in [-0.39, 0.29) is 0 Å². The Bertz CT molecular complexity index is 155. The van der Waals surface area contributed by atoms with Gasteiger partial charge in [-0.25, -0.2) is 0 Å². The molecule has 2 saturated heterocycles. The van der Waals surface area contributed by atoms with E-state index in [0.29, 0.717) is 12.2 Å². The molecule has 2 fully saturated rings. The van der Waals surface area contributed by atoms with Crippen LogP contribution in [0.1, 0.15) is 6.42 Å². The standard InChI is InChI=1S/C7H13N3/c1-5-4-9-7-6(10-5)2-3-8-7/h6-10H,1-4H2. The number of fused-ring (bicyclic) bond motifs is 1. The molecule has 2 unspecified atom stereocenters. The molecule has 10 heavy (non-hydrogen) atoms. The smallest absolute Gasteiger partial charge is 0.0783 e. The Labute approximate surface area is 60.9 Å². The Balaban J connectivity index is 2.03. The number of rotatable bonds is 0. The van der Waals surface area contributed by atoms with Crippen LogP contribution in [0.2, 0.25) is 0 Å². The van der Waals surface area contributed by atoms with E-state index in [2.05, 4.69) is 22.5 Å². The summed E-state index contributed by atoms with van der Waals surface area (Å²) in [5.74, 6) is 0. The van der Waals surface area contributed by atoms with Gasteiger partial charge in [-0.1, -0.05) is 6.58 Å². The average Bonchev–Trinajstić information content (AvgIpc) is 2.33. The molecule has 3 N–H and O–H groups in total. The topological polar surface area (TPSA) is 36.1 Å². The molecule has 0 amide bonds. The van der Waals surface area contributed by atoms with Crippen LogP contribution >= 0.6 is 0 Å². The van der Waals surface area contributed by atoms with Crippen molar-refractivity contribution in [3.8, 4) is 0 Å². The Morgan fingerprint density at radius 3 is 3.20 bits per heavy atom. The largest absolute Gasteiger partial charge is 0.382 e. The first-order chi connectivity index (χ1) is 4.86. The quantitative estimate of drug-likeness (QED) is 0.418. The van der Waals surface area contributed by atoms with E-state index < -0.39 is 0 Å². The first kappa shape index (κ1) is 6.19. The van der Waals surface area contributed by atoms with Crippen molar-refractivity contribution in [2.24, 2.45) is 0 Å². The monoisotopic (exact) mass is 139 g/mol. The van der Waals surface area contributed by atoms with Gasteiger partial charge in [0.1, 0.15) is 0 Å². The molecule has 3 nitrogen and oxygen atoms in total. The highest BCUT2D eigenvalue weighted by Crippen LogP contribution is 2.09. The zero-order valence-electron chi connectivity index (χ0n) is 5.98. The Kier molecular flexibility index (Phi) is 1.39. The molecule has 2 aliphatic rings. The van der Waals surface area contributed by atoms with Crippen molar-refractivity contribution in [2.45, 2.75) is 18.6 Å². The van der Waals surface area contributed by atoms with Crippen LogP contribution in [0.4, 0.5) is 0 Å². The van der Waals surface area contributed by atoms with Gasteiger partial charge < -0.3 is 10.6 Å². The number of piperazine rings is 1. The fourth-order valence-electron chi connectivity index (χ4n) is 1.62. The predicted octanol–water partition coefficient (Wildman–Crippen LogP) is -0.619. The zero-order valence-corrected chi connectivity index (χ0v) is 5.98. The van der Waals surface area contributed by atoms with Gasteiger partial charge in [0.05, 0.1) is 12.2 Å². The van der Waals surface area contributed by atoms with Crippen LogP contribution in [0.5, 0.6) is 0 Å². The fraction of sp³-hybridized carbons (Fsp3) is 0.714. The summed E-state index contributed by atoms with van der Waals surface area (Å²) in [7, 11) is 0. The van der Waals surface area contributed by atoms with Crippen LogP contribution < -0.4 is 16.0 Å². The lowest BCUT2D eigenvalue weighted by Crippen LogP contribution is -2.55. The van der Waals surface area contributed by atoms with Crippen LogP contribution in [-0.4, -0.2) is 25.3 Å². The van der Waals surface area contributed by atoms with E-state index in [4.69, 9.17) is 0 Å². The van der Waals surface area contributed by atoms with Crippen molar-refractivity contribution >= 4 is 0 Å². The van der Waals surface area contributed by atoms with Crippen molar-refractivity contribution in [2.75, 3.05) is 13.1 Å². The molecule has 0 spiro atoms. The minimum atomic E-state index is 0.477. The third kappa shape index (κ3) is 0.914. The van der Waals surface area contributed by atoms with Crippen molar-refractivity contribution in [1.29, 1.82) is 0 Å². The molecule has 2 rings (SSSR count). The molecule has 0 aliphatic carbocycles. The summed E-state index contributed by atoms with van der Waals surface area (Å²) in [6.45, 7) is 5.88. The van der Waals surface area contributed by atoms with Crippen molar-refractivity contribution < 1.29 is 0 Å². The minimum absolute atomic E-state index is 0.477. The molecule has 2 heterocycles. The lowest BCUT2D eigenvalue weighted by molar-refractivity contribution is 0.374. The number of nitrogens with one attached hydrogen (secondary N) is 3. The van der Waals surface area contributed by atoms with Gasteiger partial charge in [0.15, 0.2) is 0 Å². The molecule has 56 valence electrons. The summed E-state index contributed by atoms with van der Waals surface area (Å²) in [6, 6.07) is 0.571. The van der Waals surface area contributed by atoms with Crippen molar-refractivity contribution in [3.05, 3.63) is 12.3 Å². The van der Waals surface area contributed by atoms with Gasteiger partial charge in [0, 0.05) is 12.2 Å². The highest BCUT2D eigenvalue weighted by Gasteiger charge is 2.29. The Hall–Kier alpha value is -0.540. The number of hydrogen-bond donors (Lipinski definition) is 3. The predicted molar refractivity (Wildman–Crippen MR) is 40.5 cm³/mol. The highest BCUT2D eigenvalue weighted by atomic mass is 15.2. The van der Waals surface area contributed by atoms with Crippen molar-refractivity contribution in [1.82, 2.24) is 16.0 Å². The third-order valence-electron chi connectivity index (χ3n) is 2.15. The summed E-state index contributed by atoms with van der Waals surface area (Å²) >= 11 is 0. The molecule has 2 aliphatic heterocycles. The summed E-state index contributed by atoms with van der Waals surface area (Å²) in [4.78, 5) is 0. The molecule has 0 radical (unpaired) electrons. The van der Waals surface area contributed by atoms with Gasteiger partial charge in [-0.05, 0) is 13.0 Å². The van der Waals surface area contributed by atoms with Crippen LogP contribution in [-0.2, 0) is 0 Å². The van der Waals surface area contributed by atoms with E-state index in [1.54, 1.807) is 0 Å². The van der Waals surface area contributed by atoms with Gasteiger partial charge in [-0.15, -0.1) is 0 Å². The number of hydrogen-bond acceptors (Lipinski definition) is 3. The fourth-order valence-corrected chi connectivity index (χ4v) is 1.62. The lowest BCUT2D eigenvalue weighted by atomic mass is 10.1. The van der Waals surface area contributed by atoms with Crippen LogP contribution in [0.15, 0.2) is 12.3 Å². The first-order valence-electron chi connectivity index (χ1n) is 3.77. The molecule has 0 bridgehead atoms. The lowest BCUT2D eigenvalue weighted by Gasteiger charge is -2.29. The SMILES string of the molecule is C=C1CNC2NCCC2N1. The van der Waals surface area contributed by atoms with Gasteiger partial charge in [0.25, 0.3) is 0 Å². The van der Waals surface area contributed by atoms with Crippen LogP contribution in [0.3, 0.4) is 0 Å². The second-order valence-electron chi connectivity index (χ2n) is 2.96. The van der Waals surface area contributed by atoms with Crippen LogP contribution in [0, 0.1) is 0 Å². The summed E-state index contributed by atoms with van der Waals surface area (Å²) in [5.41, 5.74) is 1.12. The van der Waals surface area contributed by atoms with E-state index in [1.807, 2.05) is 0 Å². The third-order valence-corrected chi connectivity index (χ3v) is 2.15. The first-order valence-corrected chi connectivity index (χ1v) is 3.77. The Morgan fingerprint density at radius 2 is 2.30 bits per heavy atom. The molecule has 2 atom stereocenters. The van der Waals surface area contributed by atoms with Crippen molar-refractivity contribution in [3.63, 3.8) is 0 Å². The van der Waals surface area contributed by atoms with E-state index in [0.717, 1.165) is 18.8 Å². The minimum Gasteiger partial charge on any atom is -0.382 e. The molecule has 0 saturated carbocycles. The van der Waals surface area contributed by atoms with E-state index in [1.165, 1.54) is 6.42 Å². The summed E-state index contributed by atoms with van der Waals surface area (Å²) in [6.07, 6.45) is 1.68. The van der Waals surface area contributed by atoms with Gasteiger partial charge in [-0.3, -0.25) is 5.32 Å². The summed E-state index contributed by atoms with van der Waals surface area (Å²) in [5, 5.41) is 10.1. The average molecular weight is 139 g/mol. The molecular weight excluding hydrogens is 126 g/mol. The Morgan fingerprint density at radius 1 is 1.40 bits per heavy atom. The molecule has 0 aromatic carbocycles. The zero-order chi connectivity index (χ0) is 6.97.